The number of nitrogens with two attached hydrogens (primary N) is 1. The highest BCUT2D eigenvalue weighted by atomic mass is 35.5. The maximum absolute atomic E-state index is 12.2. The van der Waals surface area contributed by atoms with Gasteiger partial charge in [-0.1, -0.05) is 35.9 Å². The minimum atomic E-state index is -0.771. The molecule has 0 saturated carbocycles. The second kappa shape index (κ2) is 7.02. The Labute approximate surface area is 170 Å². The fourth-order valence-corrected chi connectivity index (χ4v) is 3.56. The molecule has 0 saturated heterocycles. The summed E-state index contributed by atoms with van der Waals surface area (Å²) in [6.45, 7) is 1.69. The molecule has 0 radical (unpaired) electrons. The Bertz CT molecular complexity index is 1190. The van der Waals surface area contributed by atoms with Crippen LogP contribution in [0.4, 0.5) is 11.6 Å². The van der Waals surface area contributed by atoms with Crippen LogP contribution in [0, 0.1) is 10.1 Å². The number of allylic oxidation sites excluding steroid dienone is 1. The van der Waals surface area contributed by atoms with E-state index >= 15 is 0 Å². The number of fused-ring (bicyclic) bond motifs is 1. The van der Waals surface area contributed by atoms with Gasteiger partial charge in [0.25, 0.3) is 5.69 Å². The number of primary amides is 1. The Morgan fingerprint density at radius 2 is 2.03 bits per heavy atom. The molecule has 1 aromatic heterocycles. The van der Waals surface area contributed by atoms with Crippen molar-refractivity contribution in [2.45, 2.75) is 13.0 Å². The number of halogens is 1. The molecule has 0 unspecified atom stereocenters. The number of carbonyl (C=O) groups excluding carboxylic acids is 1. The van der Waals surface area contributed by atoms with Crippen molar-refractivity contribution < 1.29 is 9.72 Å². The minimum Gasteiger partial charge on any atom is -0.366 e. The molecule has 4 rings (SSSR count). The summed E-state index contributed by atoms with van der Waals surface area (Å²) in [4.78, 5) is 27.4. The van der Waals surface area contributed by atoms with Gasteiger partial charge in [-0.15, -0.1) is 5.10 Å². The Morgan fingerprint density at radius 1 is 1.28 bits per heavy atom. The van der Waals surface area contributed by atoms with Crippen LogP contribution in [0.25, 0.3) is 11.4 Å². The number of hydrogen-bond donors (Lipinski definition) is 2. The lowest BCUT2D eigenvalue weighted by Gasteiger charge is -2.27. The molecular formula is C19H15ClN6O3. The summed E-state index contributed by atoms with van der Waals surface area (Å²) in [5, 5.41) is 19.3. The molecule has 0 fully saturated rings. The Morgan fingerprint density at radius 3 is 2.72 bits per heavy atom. The van der Waals surface area contributed by atoms with Crippen molar-refractivity contribution in [3.63, 3.8) is 0 Å². The number of nitrogens with one attached hydrogen (secondary N) is 1. The summed E-state index contributed by atoms with van der Waals surface area (Å²) in [6, 6.07) is 12.3. The zero-order valence-corrected chi connectivity index (χ0v) is 15.9. The zero-order chi connectivity index (χ0) is 20.7. The molecule has 1 amide bonds. The van der Waals surface area contributed by atoms with E-state index in [0.717, 1.165) is 0 Å². The molecule has 1 aliphatic rings. The molecule has 3 aromatic rings. The van der Waals surface area contributed by atoms with Crippen LogP contribution in [-0.2, 0) is 4.79 Å². The molecule has 0 aliphatic carbocycles. The first-order valence-electron chi connectivity index (χ1n) is 8.60. The summed E-state index contributed by atoms with van der Waals surface area (Å²) < 4.78 is 1.49. The van der Waals surface area contributed by atoms with E-state index in [-0.39, 0.29) is 11.3 Å². The Hall–Kier alpha value is -3.72. The smallest absolute Gasteiger partial charge is 0.269 e. The number of nitro benzene ring substituents is 1. The molecular weight excluding hydrogens is 396 g/mol. The topological polar surface area (TPSA) is 129 Å². The second-order valence-electron chi connectivity index (χ2n) is 6.47. The van der Waals surface area contributed by atoms with E-state index in [1.165, 1.54) is 16.8 Å². The van der Waals surface area contributed by atoms with Crippen LogP contribution in [0.15, 0.2) is 59.8 Å². The van der Waals surface area contributed by atoms with Crippen LogP contribution in [0.1, 0.15) is 18.5 Å². The standard InChI is InChI=1S/C19H15ClN6O3/c1-10-15(17(21)27)16(11-5-4-6-12(9-11)26(28)29)25-19(22-10)23-18(24-25)13-7-2-3-8-14(13)20/h2-9,16H,1H3,(H2,21,27)(H,22,23,24)/t16-/m1/s1. The van der Waals surface area contributed by atoms with Gasteiger partial charge < -0.3 is 11.1 Å². The molecule has 29 heavy (non-hydrogen) atoms. The van der Waals surface area contributed by atoms with Crippen LogP contribution >= 0.6 is 11.6 Å². The van der Waals surface area contributed by atoms with Crippen molar-refractivity contribution >= 4 is 29.1 Å². The van der Waals surface area contributed by atoms with Crippen LogP contribution in [0.5, 0.6) is 0 Å². The lowest BCUT2D eigenvalue weighted by atomic mass is 9.95. The van der Waals surface area contributed by atoms with Gasteiger partial charge in [-0.05, 0) is 24.6 Å². The largest absolute Gasteiger partial charge is 0.366 e. The number of nitrogens with zero attached hydrogens (tertiary/aromatic N) is 4. The van der Waals surface area contributed by atoms with Crippen molar-refractivity contribution in [1.29, 1.82) is 0 Å². The highest BCUT2D eigenvalue weighted by molar-refractivity contribution is 6.33. The van der Waals surface area contributed by atoms with Gasteiger partial charge in [0.05, 0.1) is 15.5 Å². The molecule has 3 N–H and O–H groups in total. The molecule has 2 aromatic carbocycles. The first-order valence-corrected chi connectivity index (χ1v) is 8.98. The van der Waals surface area contributed by atoms with Crippen molar-refractivity contribution in [2.75, 3.05) is 5.32 Å². The second-order valence-corrected chi connectivity index (χ2v) is 6.87. The normalized spacial score (nSPS) is 15.6. The van der Waals surface area contributed by atoms with E-state index < -0.39 is 16.9 Å². The van der Waals surface area contributed by atoms with E-state index in [1.54, 1.807) is 37.3 Å². The van der Waals surface area contributed by atoms with E-state index in [0.29, 0.717) is 33.6 Å². The van der Waals surface area contributed by atoms with Crippen LogP contribution in [0.3, 0.4) is 0 Å². The number of benzene rings is 2. The fourth-order valence-electron chi connectivity index (χ4n) is 3.34. The number of hydrogen-bond acceptors (Lipinski definition) is 6. The Kier molecular flexibility index (Phi) is 4.51. The first kappa shape index (κ1) is 18.6. The van der Waals surface area contributed by atoms with E-state index in [9.17, 15) is 14.9 Å². The van der Waals surface area contributed by atoms with Gasteiger partial charge in [-0.2, -0.15) is 4.98 Å². The highest BCUT2D eigenvalue weighted by Gasteiger charge is 2.34. The van der Waals surface area contributed by atoms with Crippen LogP contribution in [0.2, 0.25) is 5.02 Å². The fraction of sp³-hybridized carbons (Fsp3) is 0.105. The number of anilines is 1. The van der Waals surface area contributed by atoms with Gasteiger partial charge in [-0.3, -0.25) is 14.9 Å². The summed E-state index contributed by atoms with van der Waals surface area (Å²) in [5.74, 6) is 0.0675. The third-order valence-corrected chi connectivity index (χ3v) is 4.96. The highest BCUT2D eigenvalue weighted by Crippen LogP contribution is 2.37. The van der Waals surface area contributed by atoms with Gasteiger partial charge in [0.2, 0.25) is 11.9 Å². The molecule has 10 heteroatoms. The van der Waals surface area contributed by atoms with Gasteiger partial charge in [0, 0.05) is 23.4 Å². The van der Waals surface area contributed by atoms with Gasteiger partial charge >= 0.3 is 0 Å². The first-order chi connectivity index (χ1) is 13.9. The monoisotopic (exact) mass is 410 g/mol. The quantitative estimate of drug-likeness (QED) is 0.501. The maximum Gasteiger partial charge on any atom is 0.269 e. The zero-order valence-electron chi connectivity index (χ0n) is 15.2. The number of non-ortho nitro benzene ring substituents is 1. The summed E-state index contributed by atoms with van der Waals surface area (Å²) in [7, 11) is 0. The summed E-state index contributed by atoms with van der Waals surface area (Å²) in [5.41, 5.74) is 7.38. The van der Waals surface area contributed by atoms with Crippen molar-refractivity contribution in [1.82, 2.24) is 14.8 Å². The predicted molar refractivity (Wildman–Crippen MR) is 107 cm³/mol. The third-order valence-electron chi connectivity index (χ3n) is 4.63. The molecule has 0 bridgehead atoms. The number of aromatic nitrogens is 3. The van der Waals surface area contributed by atoms with E-state index in [1.807, 2.05) is 6.07 Å². The average Bonchev–Trinajstić information content (AvgIpc) is 3.10. The van der Waals surface area contributed by atoms with Crippen LogP contribution < -0.4 is 11.1 Å². The van der Waals surface area contributed by atoms with E-state index in [2.05, 4.69) is 15.4 Å². The van der Waals surface area contributed by atoms with Crippen molar-refractivity contribution in [3.8, 4) is 11.4 Å². The molecule has 9 nitrogen and oxygen atoms in total. The van der Waals surface area contributed by atoms with Crippen LogP contribution in [-0.4, -0.2) is 25.6 Å². The predicted octanol–water partition coefficient (Wildman–Crippen LogP) is 3.28. The number of nitro groups is 1. The molecule has 1 atom stereocenters. The number of amides is 1. The number of carbonyl (C=O) groups is 1. The lowest BCUT2D eigenvalue weighted by molar-refractivity contribution is -0.384. The Balaban J connectivity index is 1.91. The van der Waals surface area contributed by atoms with Gasteiger partial charge in [0.15, 0.2) is 5.82 Å². The molecule has 1 aliphatic heterocycles. The van der Waals surface area contributed by atoms with Crippen molar-refractivity contribution in [2.24, 2.45) is 5.73 Å². The van der Waals surface area contributed by atoms with E-state index in [4.69, 9.17) is 17.3 Å². The molecule has 2 heterocycles. The van der Waals surface area contributed by atoms with Gasteiger partial charge in [-0.25, -0.2) is 4.68 Å². The summed E-state index contributed by atoms with van der Waals surface area (Å²) in [6.07, 6.45) is 0. The third kappa shape index (κ3) is 3.21. The minimum absolute atomic E-state index is 0.101. The average molecular weight is 411 g/mol. The summed E-state index contributed by atoms with van der Waals surface area (Å²) >= 11 is 6.27. The van der Waals surface area contributed by atoms with Crippen molar-refractivity contribution in [3.05, 3.63) is 80.5 Å². The number of rotatable bonds is 4. The lowest BCUT2D eigenvalue weighted by Crippen LogP contribution is -2.31. The molecule has 0 spiro atoms. The van der Waals surface area contributed by atoms with Gasteiger partial charge in [0.1, 0.15) is 6.04 Å². The maximum atomic E-state index is 12.2. The molecule has 146 valence electrons. The SMILES string of the molecule is CC1=C(C(N)=O)[C@@H](c2cccc([N+](=O)[O-])c2)n2nc(-c3ccccc3Cl)nc2N1.